The summed E-state index contributed by atoms with van der Waals surface area (Å²) in [6, 6.07) is 18.5. The molecule has 9 nitrogen and oxygen atoms in total. The van der Waals surface area contributed by atoms with E-state index < -0.39 is 21.9 Å². The first kappa shape index (κ1) is 24.9. The number of benzene rings is 2. The van der Waals surface area contributed by atoms with Crippen molar-refractivity contribution in [1.82, 2.24) is 24.0 Å². The van der Waals surface area contributed by atoms with E-state index in [2.05, 4.69) is 14.6 Å². The number of aryl methyl sites for hydroxylation is 1. The number of fused-ring (bicyclic) bond motifs is 1. The normalized spacial score (nSPS) is 13.0. The summed E-state index contributed by atoms with van der Waals surface area (Å²) in [5.41, 5.74) is 0.615. The van der Waals surface area contributed by atoms with Crippen LogP contribution in [-0.2, 0) is 23.2 Å². The number of aromatic nitrogens is 5. The Balaban J connectivity index is 1.41. The Hall–Kier alpha value is -4.43. The third-order valence-electron chi connectivity index (χ3n) is 5.86. The molecule has 2 aromatic carbocycles. The van der Waals surface area contributed by atoms with Gasteiger partial charge in [-0.15, -0.1) is 15.7 Å². The molecule has 0 radical (unpaired) electrons. The van der Waals surface area contributed by atoms with Gasteiger partial charge in [0.25, 0.3) is 10.0 Å². The second-order valence-electron chi connectivity index (χ2n) is 8.39. The van der Waals surface area contributed by atoms with Gasteiger partial charge in [-0.25, -0.2) is 9.36 Å². The van der Waals surface area contributed by atoms with Crippen molar-refractivity contribution in [1.29, 1.82) is 0 Å². The number of nitrogens with zero attached hydrogens (tertiary/aromatic N) is 6. The van der Waals surface area contributed by atoms with Crippen LogP contribution in [0.2, 0.25) is 0 Å². The highest BCUT2D eigenvalue weighted by molar-refractivity contribution is 7.90. The number of halogens is 3. The summed E-state index contributed by atoms with van der Waals surface area (Å²) in [7, 11) is -2.43. The fraction of sp³-hybridized carbons (Fsp3) is 0.0800. The van der Waals surface area contributed by atoms with Gasteiger partial charge < -0.3 is 4.42 Å². The quantitative estimate of drug-likeness (QED) is 0.285. The fourth-order valence-corrected chi connectivity index (χ4v) is 6.13. The van der Waals surface area contributed by atoms with Crippen LogP contribution in [0.1, 0.15) is 5.69 Å². The molecular formula is C25H17F3N6O3S2. The maximum Gasteiger partial charge on any atom is 0.435 e. The zero-order valence-corrected chi connectivity index (χ0v) is 21.6. The van der Waals surface area contributed by atoms with E-state index in [9.17, 15) is 21.6 Å². The van der Waals surface area contributed by atoms with Crippen molar-refractivity contribution in [3.8, 4) is 28.5 Å². The van der Waals surface area contributed by atoms with Gasteiger partial charge in [-0.05, 0) is 36.4 Å². The average molecular weight is 571 g/mol. The Morgan fingerprint density at radius 1 is 0.974 bits per heavy atom. The molecular weight excluding hydrogens is 553 g/mol. The van der Waals surface area contributed by atoms with Crippen LogP contribution in [0, 0.1) is 0 Å². The Labute approximate surface area is 222 Å². The van der Waals surface area contributed by atoms with E-state index in [1.807, 2.05) is 30.3 Å². The maximum absolute atomic E-state index is 13.4. The molecule has 0 saturated heterocycles. The Morgan fingerprint density at radius 3 is 2.38 bits per heavy atom. The number of hydrogen-bond acceptors (Lipinski definition) is 6. The summed E-state index contributed by atoms with van der Waals surface area (Å²) in [6.45, 7) is 0. The number of furan rings is 1. The first-order valence-electron chi connectivity index (χ1n) is 11.3. The van der Waals surface area contributed by atoms with E-state index in [-0.39, 0.29) is 26.8 Å². The van der Waals surface area contributed by atoms with E-state index in [4.69, 9.17) is 4.42 Å². The van der Waals surface area contributed by atoms with E-state index >= 15 is 0 Å². The minimum atomic E-state index is -4.68. The zero-order chi connectivity index (χ0) is 27.4. The molecule has 0 spiro atoms. The summed E-state index contributed by atoms with van der Waals surface area (Å²) in [6.07, 6.45) is -3.34. The summed E-state index contributed by atoms with van der Waals surface area (Å²) >= 11 is 1.14. The molecule has 0 aliphatic rings. The molecule has 0 N–H and O–H groups in total. The van der Waals surface area contributed by atoms with Crippen molar-refractivity contribution >= 4 is 27.0 Å². The highest BCUT2D eigenvalue weighted by Crippen LogP contribution is 2.33. The molecule has 39 heavy (non-hydrogen) atoms. The Bertz CT molecular complexity index is 1970. The molecule has 6 rings (SSSR count). The summed E-state index contributed by atoms with van der Waals surface area (Å²) in [5, 5.41) is 9.95. The highest BCUT2D eigenvalue weighted by Gasteiger charge is 2.35. The van der Waals surface area contributed by atoms with Crippen molar-refractivity contribution in [3.63, 3.8) is 0 Å². The van der Waals surface area contributed by atoms with Crippen molar-refractivity contribution < 1.29 is 26.0 Å². The number of alkyl halides is 3. The number of rotatable bonds is 5. The molecule has 0 bridgehead atoms. The topological polar surface area (TPSA) is 99.7 Å². The molecule has 0 aliphatic carbocycles. The van der Waals surface area contributed by atoms with Crippen molar-refractivity contribution in [3.05, 3.63) is 94.9 Å². The maximum atomic E-state index is 13.4. The van der Waals surface area contributed by atoms with Gasteiger partial charge in [0, 0.05) is 24.1 Å². The van der Waals surface area contributed by atoms with Gasteiger partial charge in [0.05, 0.1) is 16.8 Å². The van der Waals surface area contributed by atoms with Gasteiger partial charge in [0.1, 0.15) is 11.3 Å². The first-order chi connectivity index (χ1) is 18.6. The highest BCUT2D eigenvalue weighted by atomic mass is 32.2. The molecule has 6 aromatic rings. The monoisotopic (exact) mass is 570 g/mol. The summed E-state index contributed by atoms with van der Waals surface area (Å²) in [4.78, 5) is 0.0596. The van der Waals surface area contributed by atoms with Gasteiger partial charge >= 0.3 is 6.18 Å². The van der Waals surface area contributed by atoms with E-state index in [0.29, 0.717) is 11.5 Å². The second kappa shape index (κ2) is 9.10. The number of hydrogen-bond donors (Lipinski definition) is 0. The average Bonchev–Trinajstić information content (AvgIpc) is 3.70. The molecule has 4 aromatic heterocycles. The molecule has 14 heteroatoms. The van der Waals surface area contributed by atoms with Crippen LogP contribution in [0.15, 0.2) is 98.1 Å². The Kier molecular flexibility index (Phi) is 5.80. The molecule has 0 aliphatic heterocycles. The molecule has 0 amide bonds. The van der Waals surface area contributed by atoms with Crippen molar-refractivity contribution in [2.24, 2.45) is 11.4 Å². The van der Waals surface area contributed by atoms with Gasteiger partial charge in [-0.1, -0.05) is 30.3 Å². The van der Waals surface area contributed by atoms with Gasteiger partial charge in [-0.3, -0.25) is 4.40 Å². The minimum Gasteiger partial charge on any atom is -0.463 e. The first-order valence-corrected chi connectivity index (χ1v) is 13.6. The summed E-state index contributed by atoms with van der Waals surface area (Å²) in [5.74, 6) is 0.706. The third-order valence-corrected chi connectivity index (χ3v) is 8.07. The largest absolute Gasteiger partial charge is 0.463 e. The number of sulfonamides is 1. The standard InChI is InChI=1S/C25H17F3N6O3S2/c1-32-22-15-38-24(33(22)23(30-32)16-6-3-2-4-7-16)31-39(35,36)18-11-9-17(10-12-18)34-19(20-8-5-13-37-20)14-21(29-34)25(26,27)28/h2-15H,1H3/b31-24-. The molecule has 198 valence electrons. The lowest BCUT2D eigenvalue weighted by atomic mass is 10.2. The molecule has 0 unspecified atom stereocenters. The van der Waals surface area contributed by atoms with E-state index in [1.165, 1.54) is 36.6 Å². The third kappa shape index (κ3) is 4.46. The SMILES string of the molecule is Cn1nc(-c2ccccc2)n2/c(=N/S(=O)(=O)c3ccc(-n4nc(C(F)(F)F)cc4-c4ccco4)cc3)scc12. The fourth-order valence-electron chi connectivity index (χ4n) is 4.03. The van der Waals surface area contributed by atoms with E-state index in [1.54, 1.807) is 27.6 Å². The molecule has 0 fully saturated rings. The minimum absolute atomic E-state index is 0.0648. The van der Waals surface area contributed by atoms with Gasteiger partial charge in [-0.2, -0.15) is 31.8 Å². The van der Waals surface area contributed by atoms with Crippen molar-refractivity contribution in [2.75, 3.05) is 0 Å². The summed E-state index contributed by atoms with van der Waals surface area (Å²) < 4.78 is 80.3. The van der Waals surface area contributed by atoms with Crippen LogP contribution >= 0.6 is 11.3 Å². The van der Waals surface area contributed by atoms with Crippen LogP contribution in [0.5, 0.6) is 0 Å². The molecule has 0 saturated carbocycles. The van der Waals surface area contributed by atoms with Crippen LogP contribution in [0.3, 0.4) is 0 Å². The zero-order valence-electron chi connectivity index (χ0n) is 19.9. The Morgan fingerprint density at radius 2 is 1.72 bits per heavy atom. The van der Waals surface area contributed by atoms with E-state index in [0.717, 1.165) is 27.6 Å². The second-order valence-corrected chi connectivity index (χ2v) is 10.8. The number of thiazole rings is 1. The predicted octanol–water partition coefficient (Wildman–Crippen LogP) is 5.16. The van der Waals surface area contributed by atoms with Crippen molar-refractivity contribution in [2.45, 2.75) is 11.1 Å². The molecule has 4 heterocycles. The lowest BCUT2D eigenvalue weighted by Gasteiger charge is -2.07. The van der Waals surface area contributed by atoms with Crippen LogP contribution in [0.25, 0.3) is 34.2 Å². The smallest absolute Gasteiger partial charge is 0.435 e. The lowest BCUT2D eigenvalue weighted by molar-refractivity contribution is -0.141. The lowest BCUT2D eigenvalue weighted by Crippen LogP contribution is -2.12. The molecule has 0 atom stereocenters. The van der Waals surface area contributed by atoms with Crippen LogP contribution in [-0.4, -0.2) is 32.4 Å². The van der Waals surface area contributed by atoms with Gasteiger partial charge in [0.15, 0.2) is 17.3 Å². The predicted molar refractivity (Wildman–Crippen MR) is 136 cm³/mol. The van der Waals surface area contributed by atoms with Crippen LogP contribution in [0.4, 0.5) is 13.2 Å². The van der Waals surface area contributed by atoms with Crippen LogP contribution < -0.4 is 4.80 Å². The van der Waals surface area contributed by atoms with Gasteiger partial charge in [0.2, 0.25) is 4.80 Å².